The summed E-state index contributed by atoms with van der Waals surface area (Å²) in [6.07, 6.45) is 0.743. The topological polar surface area (TPSA) is 73.8 Å². The quantitative estimate of drug-likeness (QED) is 0.337. The van der Waals surface area contributed by atoms with Gasteiger partial charge in [-0.05, 0) is 43.7 Å². The summed E-state index contributed by atoms with van der Waals surface area (Å²) in [6.45, 7) is 4.96. The third kappa shape index (κ3) is 6.99. The van der Waals surface area contributed by atoms with Crippen LogP contribution in [-0.4, -0.2) is 50.9 Å². The fourth-order valence-electron chi connectivity index (χ4n) is 3.18. The van der Waals surface area contributed by atoms with Gasteiger partial charge in [-0.2, -0.15) is 17.5 Å². The predicted octanol–water partition coefficient (Wildman–Crippen LogP) is 3.15. The van der Waals surface area contributed by atoms with Gasteiger partial charge in [0.1, 0.15) is 0 Å². The van der Waals surface area contributed by atoms with Gasteiger partial charge in [0, 0.05) is 33.2 Å². The van der Waals surface area contributed by atoms with E-state index in [9.17, 15) is 21.6 Å². The summed E-state index contributed by atoms with van der Waals surface area (Å²) >= 11 is 0. The molecule has 1 aromatic carbocycles. The number of aliphatic imine (C=N–C) groups is 1. The second-order valence-corrected chi connectivity index (χ2v) is 8.96. The monoisotopic (exact) mass is 548 g/mol. The summed E-state index contributed by atoms with van der Waals surface area (Å²) in [6, 6.07) is 6.21. The number of hydrogen-bond acceptors (Lipinski definition) is 3. The third-order valence-corrected chi connectivity index (χ3v) is 6.56. The molecule has 0 amide bonds. The highest BCUT2D eigenvalue weighted by atomic mass is 127. The van der Waals surface area contributed by atoms with Crippen molar-refractivity contribution in [2.45, 2.75) is 38.7 Å². The zero-order chi connectivity index (χ0) is 20.9. The number of halogens is 4. The molecule has 1 saturated heterocycles. The SMILES string of the molecule is CN=C(NCc1ccc(C)cc1C)NCC1CCN(S(=O)(=O)C(F)(F)F)CC1.I. The van der Waals surface area contributed by atoms with Crippen LogP contribution in [0.25, 0.3) is 0 Å². The molecular weight excluding hydrogens is 520 g/mol. The summed E-state index contributed by atoms with van der Waals surface area (Å²) < 4.78 is 61.3. The molecule has 1 heterocycles. The van der Waals surface area contributed by atoms with Crippen LogP contribution in [0.5, 0.6) is 0 Å². The molecule has 11 heteroatoms. The number of aryl methyl sites for hydroxylation is 2. The molecule has 0 atom stereocenters. The number of piperidine rings is 1. The van der Waals surface area contributed by atoms with E-state index in [2.05, 4.69) is 27.8 Å². The van der Waals surface area contributed by atoms with Crippen molar-refractivity contribution in [2.24, 2.45) is 10.9 Å². The summed E-state index contributed by atoms with van der Waals surface area (Å²) in [5.41, 5.74) is -1.71. The lowest BCUT2D eigenvalue weighted by Gasteiger charge is -2.31. The van der Waals surface area contributed by atoms with Gasteiger partial charge in [-0.1, -0.05) is 23.8 Å². The normalized spacial score (nSPS) is 17.0. The first-order valence-electron chi connectivity index (χ1n) is 9.11. The summed E-state index contributed by atoms with van der Waals surface area (Å²) in [4.78, 5) is 4.16. The van der Waals surface area contributed by atoms with Crippen molar-refractivity contribution in [2.75, 3.05) is 26.7 Å². The van der Waals surface area contributed by atoms with Gasteiger partial charge in [-0.25, -0.2) is 8.42 Å². The molecule has 0 aliphatic carbocycles. The highest BCUT2D eigenvalue weighted by Crippen LogP contribution is 2.30. The lowest BCUT2D eigenvalue weighted by atomic mass is 9.98. The van der Waals surface area contributed by atoms with Crippen LogP contribution >= 0.6 is 24.0 Å². The number of benzene rings is 1. The molecule has 1 aliphatic heterocycles. The Labute approximate surface area is 187 Å². The van der Waals surface area contributed by atoms with Gasteiger partial charge >= 0.3 is 15.5 Å². The van der Waals surface area contributed by atoms with Crippen LogP contribution < -0.4 is 10.6 Å². The lowest BCUT2D eigenvalue weighted by molar-refractivity contribution is -0.0496. The van der Waals surface area contributed by atoms with E-state index in [0.29, 0.717) is 36.2 Å². The average molecular weight is 548 g/mol. The number of sulfonamides is 1. The highest BCUT2D eigenvalue weighted by molar-refractivity contribution is 14.0. The third-order valence-electron chi connectivity index (χ3n) is 4.93. The summed E-state index contributed by atoms with van der Waals surface area (Å²) in [5.74, 6) is 0.685. The molecule has 0 spiro atoms. The molecule has 0 aromatic heterocycles. The molecule has 0 bridgehead atoms. The molecule has 0 saturated carbocycles. The van der Waals surface area contributed by atoms with Gasteiger partial charge in [0.2, 0.25) is 0 Å². The van der Waals surface area contributed by atoms with Crippen molar-refractivity contribution < 1.29 is 21.6 Å². The Morgan fingerprint density at radius 3 is 2.34 bits per heavy atom. The van der Waals surface area contributed by atoms with Crippen LogP contribution in [0.2, 0.25) is 0 Å². The molecule has 1 aliphatic rings. The zero-order valence-corrected chi connectivity index (χ0v) is 19.9. The fraction of sp³-hybridized carbons (Fsp3) is 0.611. The second-order valence-electron chi connectivity index (χ2n) is 7.03. The molecule has 29 heavy (non-hydrogen) atoms. The van der Waals surface area contributed by atoms with Gasteiger partial charge in [-0.3, -0.25) is 4.99 Å². The van der Waals surface area contributed by atoms with E-state index in [0.717, 1.165) is 5.56 Å². The average Bonchev–Trinajstić information content (AvgIpc) is 2.62. The van der Waals surface area contributed by atoms with E-state index in [1.165, 1.54) is 11.1 Å². The minimum Gasteiger partial charge on any atom is -0.356 e. The van der Waals surface area contributed by atoms with Crippen molar-refractivity contribution in [1.29, 1.82) is 0 Å². The summed E-state index contributed by atoms with van der Waals surface area (Å²) in [7, 11) is -3.58. The van der Waals surface area contributed by atoms with Gasteiger partial charge in [0.25, 0.3) is 0 Å². The molecule has 0 unspecified atom stereocenters. The maximum atomic E-state index is 12.6. The van der Waals surface area contributed by atoms with Crippen molar-refractivity contribution >= 4 is 40.0 Å². The van der Waals surface area contributed by atoms with Crippen LogP contribution in [0.4, 0.5) is 13.2 Å². The molecule has 2 rings (SSSR count). The largest absolute Gasteiger partial charge is 0.511 e. The van der Waals surface area contributed by atoms with Gasteiger partial charge in [-0.15, -0.1) is 24.0 Å². The highest BCUT2D eigenvalue weighted by Gasteiger charge is 2.50. The first-order valence-corrected chi connectivity index (χ1v) is 10.6. The smallest absolute Gasteiger partial charge is 0.356 e. The Hall–Kier alpha value is -1.08. The first kappa shape index (κ1) is 26.0. The minimum absolute atomic E-state index is 0. The lowest BCUT2D eigenvalue weighted by Crippen LogP contribution is -2.47. The van der Waals surface area contributed by atoms with Crippen LogP contribution in [0.15, 0.2) is 23.2 Å². The van der Waals surface area contributed by atoms with Crippen molar-refractivity contribution in [1.82, 2.24) is 14.9 Å². The molecule has 1 fully saturated rings. The van der Waals surface area contributed by atoms with Crippen molar-refractivity contribution in [3.8, 4) is 0 Å². The van der Waals surface area contributed by atoms with E-state index in [4.69, 9.17) is 0 Å². The first-order chi connectivity index (χ1) is 13.0. The van der Waals surface area contributed by atoms with Crippen molar-refractivity contribution in [3.63, 3.8) is 0 Å². The summed E-state index contributed by atoms with van der Waals surface area (Å²) in [5, 5.41) is 6.40. The predicted molar refractivity (Wildman–Crippen MR) is 119 cm³/mol. The van der Waals surface area contributed by atoms with E-state index in [1.54, 1.807) is 7.05 Å². The fourth-order valence-corrected chi connectivity index (χ4v) is 4.17. The molecule has 166 valence electrons. The number of rotatable bonds is 5. The minimum atomic E-state index is -5.24. The number of nitrogens with one attached hydrogen (secondary N) is 2. The van der Waals surface area contributed by atoms with Crippen LogP contribution in [0, 0.1) is 19.8 Å². The Morgan fingerprint density at radius 2 is 1.83 bits per heavy atom. The Bertz CT molecular complexity index is 808. The number of hydrogen-bond donors (Lipinski definition) is 2. The van der Waals surface area contributed by atoms with Crippen LogP contribution in [0.3, 0.4) is 0 Å². The van der Waals surface area contributed by atoms with E-state index in [1.807, 2.05) is 19.9 Å². The number of nitrogens with zero attached hydrogens (tertiary/aromatic N) is 2. The molecule has 0 radical (unpaired) electrons. The Kier molecular flexibility index (Phi) is 9.67. The molecule has 2 N–H and O–H groups in total. The van der Waals surface area contributed by atoms with E-state index in [-0.39, 0.29) is 43.0 Å². The van der Waals surface area contributed by atoms with Gasteiger partial charge < -0.3 is 10.6 Å². The molecular formula is C18H28F3IN4O2S. The second kappa shape index (κ2) is 10.8. The van der Waals surface area contributed by atoms with Crippen molar-refractivity contribution in [3.05, 3.63) is 34.9 Å². The van der Waals surface area contributed by atoms with E-state index >= 15 is 0 Å². The Morgan fingerprint density at radius 1 is 1.21 bits per heavy atom. The number of guanidine groups is 1. The maximum Gasteiger partial charge on any atom is 0.511 e. The number of alkyl halides is 3. The standard InChI is InChI=1S/C18H27F3N4O2S.HI/c1-13-4-5-16(14(2)10-13)12-24-17(22-3)23-11-15-6-8-25(9-7-15)28(26,27)18(19,20)21;/h4-5,10,15H,6-9,11-12H2,1-3H3,(H2,22,23,24);1H. The van der Waals surface area contributed by atoms with E-state index < -0.39 is 15.5 Å². The maximum absolute atomic E-state index is 12.6. The Balaban J connectivity index is 0.00000420. The van der Waals surface area contributed by atoms with Gasteiger partial charge in [0.05, 0.1) is 0 Å². The van der Waals surface area contributed by atoms with Crippen LogP contribution in [-0.2, 0) is 16.6 Å². The zero-order valence-electron chi connectivity index (χ0n) is 16.7. The molecule has 6 nitrogen and oxygen atoms in total. The van der Waals surface area contributed by atoms with Gasteiger partial charge in [0.15, 0.2) is 5.96 Å². The molecule has 1 aromatic rings. The van der Waals surface area contributed by atoms with Crippen LogP contribution in [0.1, 0.15) is 29.5 Å².